The summed E-state index contributed by atoms with van der Waals surface area (Å²) in [6, 6.07) is 9.26. The normalized spacial score (nSPS) is 11.9. The predicted octanol–water partition coefficient (Wildman–Crippen LogP) is 2.26. The van der Waals surface area contributed by atoms with Gasteiger partial charge in [-0.2, -0.15) is 0 Å². The molecule has 1 aromatic carbocycles. The van der Waals surface area contributed by atoms with Gasteiger partial charge in [0.1, 0.15) is 0 Å². The van der Waals surface area contributed by atoms with Crippen LogP contribution in [0, 0.1) is 0 Å². The Morgan fingerprint density at radius 1 is 1.27 bits per heavy atom. The van der Waals surface area contributed by atoms with E-state index in [0.717, 1.165) is 16.7 Å². The molecule has 1 rings (SSSR count). The monoisotopic (exact) mass is 224 g/mol. The van der Waals surface area contributed by atoms with Crippen LogP contribution in [0.15, 0.2) is 35.2 Å². The highest BCUT2D eigenvalue weighted by Gasteiger charge is 2.16. The number of ether oxygens (including phenoxy) is 1. The summed E-state index contributed by atoms with van der Waals surface area (Å²) in [6.07, 6.45) is -0.701. The standard InChI is InChI=1S/C11H12O3S/c1-8(14-9(2)12)11(13)15-10-6-4-3-5-7-10/h3-8H,1-2H3. The van der Waals surface area contributed by atoms with Gasteiger partial charge in [-0.1, -0.05) is 18.2 Å². The van der Waals surface area contributed by atoms with Gasteiger partial charge in [-0.25, -0.2) is 0 Å². The molecule has 0 spiro atoms. The summed E-state index contributed by atoms with van der Waals surface area (Å²) in [5.41, 5.74) is 0. The number of esters is 1. The van der Waals surface area contributed by atoms with E-state index in [2.05, 4.69) is 0 Å². The van der Waals surface area contributed by atoms with Crippen LogP contribution in [0.4, 0.5) is 0 Å². The summed E-state index contributed by atoms with van der Waals surface area (Å²) in [6.45, 7) is 2.86. The van der Waals surface area contributed by atoms with E-state index < -0.39 is 12.1 Å². The zero-order valence-corrected chi connectivity index (χ0v) is 9.41. The molecule has 15 heavy (non-hydrogen) atoms. The van der Waals surface area contributed by atoms with Crippen molar-refractivity contribution in [3.8, 4) is 0 Å². The van der Waals surface area contributed by atoms with Gasteiger partial charge in [0.25, 0.3) is 0 Å². The summed E-state index contributed by atoms with van der Waals surface area (Å²) < 4.78 is 4.77. The molecular weight excluding hydrogens is 212 g/mol. The number of hydrogen-bond acceptors (Lipinski definition) is 4. The fourth-order valence-electron chi connectivity index (χ4n) is 0.985. The van der Waals surface area contributed by atoms with Crippen molar-refractivity contribution in [1.29, 1.82) is 0 Å². The first-order valence-corrected chi connectivity index (χ1v) is 5.35. The van der Waals surface area contributed by atoms with Crippen LogP contribution in [-0.2, 0) is 14.3 Å². The van der Waals surface area contributed by atoms with Gasteiger partial charge in [-0.3, -0.25) is 9.59 Å². The van der Waals surface area contributed by atoms with Crippen molar-refractivity contribution in [3.05, 3.63) is 30.3 Å². The number of carbonyl (C=O) groups excluding carboxylic acids is 2. The lowest BCUT2D eigenvalue weighted by Gasteiger charge is -2.09. The van der Waals surface area contributed by atoms with E-state index in [4.69, 9.17) is 4.74 Å². The number of rotatable bonds is 3. The molecule has 0 heterocycles. The maximum atomic E-state index is 11.5. The molecule has 0 amide bonds. The highest BCUT2D eigenvalue weighted by molar-refractivity contribution is 8.13. The zero-order valence-electron chi connectivity index (χ0n) is 8.60. The third-order valence-corrected chi connectivity index (χ3v) is 2.68. The smallest absolute Gasteiger partial charge is 0.303 e. The van der Waals surface area contributed by atoms with Gasteiger partial charge in [0.15, 0.2) is 6.10 Å². The molecule has 3 nitrogen and oxygen atoms in total. The van der Waals surface area contributed by atoms with Gasteiger partial charge < -0.3 is 4.74 Å². The van der Waals surface area contributed by atoms with E-state index in [9.17, 15) is 9.59 Å². The molecule has 1 unspecified atom stereocenters. The molecule has 0 N–H and O–H groups in total. The van der Waals surface area contributed by atoms with Crippen molar-refractivity contribution in [2.45, 2.75) is 24.8 Å². The van der Waals surface area contributed by atoms with Crippen LogP contribution >= 0.6 is 11.8 Å². The molecule has 0 bridgehead atoms. The van der Waals surface area contributed by atoms with Gasteiger partial charge in [0.2, 0.25) is 5.12 Å². The second kappa shape index (κ2) is 5.56. The van der Waals surface area contributed by atoms with Gasteiger partial charge in [-0.05, 0) is 30.8 Å². The van der Waals surface area contributed by atoms with Crippen molar-refractivity contribution >= 4 is 22.8 Å². The molecule has 0 aromatic heterocycles. The highest BCUT2D eigenvalue weighted by atomic mass is 32.2. The largest absolute Gasteiger partial charge is 0.454 e. The first-order chi connectivity index (χ1) is 7.09. The minimum atomic E-state index is -0.701. The lowest BCUT2D eigenvalue weighted by molar-refractivity contribution is -0.149. The molecule has 0 fully saturated rings. The summed E-state index contributed by atoms with van der Waals surface area (Å²) in [7, 11) is 0. The van der Waals surface area contributed by atoms with E-state index in [1.54, 1.807) is 6.92 Å². The molecule has 0 aliphatic carbocycles. The van der Waals surface area contributed by atoms with Gasteiger partial charge in [0, 0.05) is 11.8 Å². The van der Waals surface area contributed by atoms with Crippen LogP contribution in [0.1, 0.15) is 13.8 Å². The van der Waals surface area contributed by atoms with E-state index in [-0.39, 0.29) is 5.12 Å². The maximum absolute atomic E-state index is 11.5. The average Bonchev–Trinajstić information content (AvgIpc) is 2.18. The maximum Gasteiger partial charge on any atom is 0.303 e. The van der Waals surface area contributed by atoms with Gasteiger partial charge in [-0.15, -0.1) is 0 Å². The fourth-order valence-corrected chi connectivity index (χ4v) is 1.72. The zero-order chi connectivity index (χ0) is 11.3. The van der Waals surface area contributed by atoms with Crippen LogP contribution in [-0.4, -0.2) is 17.2 Å². The highest BCUT2D eigenvalue weighted by Crippen LogP contribution is 2.20. The third-order valence-electron chi connectivity index (χ3n) is 1.64. The van der Waals surface area contributed by atoms with Gasteiger partial charge in [0.05, 0.1) is 0 Å². The summed E-state index contributed by atoms with van der Waals surface area (Å²) >= 11 is 1.08. The first-order valence-electron chi connectivity index (χ1n) is 4.53. The Balaban J connectivity index is 2.52. The number of hydrogen-bond donors (Lipinski definition) is 0. The Morgan fingerprint density at radius 3 is 2.40 bits per heavy atom. The van der Waals surface area contributed by atoms with Crippen LogP contribution in [0.3, 0.4) is 0 Å². The van der Waals surface area contributed by atoms with Crippen molar-refractivity contribution in [1.82, 2.24) is 0 Å². The summed E-state index contributed by atoms with van der Waals surface area (Å²) in [5, 5.41) is -0.170. The second-order valence-corrected chi connectivity index (χ2v) is 4.06. The Bertz CT molecular complexity index is 348. The molecule has 0 radical (unpaired) electrons. The van der Waals surface area contributed by atoms with E-state index >= 15 is 0 Å². The topological polar surface area (TPSA) is 43.4 Å². The molecule has 0 aliphatic heterocycles. The minimum Gasteiger partial charge on any atom is -0.454 e. The van der Waals surface area contributed by atoms with Gasteiger partial charge >= 0.3 is 5.97 Å². The Morgan fingerprint density at radius 2 is 1.87 bits per heavy atom. The van der Waals surface area contributed by atoms with E-state index in [0.29, 0.717) is 0 Å². The number of thioether (sulfide) groups is 1. The van der Waals surface area contributed by atoms with Crippen LogP contribution in [0.2, 0.25) is 0 Å². The van der Waals surface area contributed by atoms with Crippen LogP contribution in [0.25, 0.3) is 0 Å². The summed E-state index contributed by atoms with van der Waals surface area (Å²) in [4.78, 5) is 23.0. The second-order valence-electron chi connectivity index (χ2n) is 2.99. The molecule has 0 saturated heterocycles. The average molecular weight is 224 g/mol. The first kappa shape index (κ1) is 11.8. The lowest BCUT2D eigenvalue weighted by atomic mass is 10.4. The van der Waals surface area contributed by atoms with Crippen molar-refractivity contribution in [3.63, 3.8) is 0 Å². The van der Waals surface area contributed by atoms with Crippen LogP contribution < -0.4 is 0 Å². The Labute approximate surface area is 92.8 Å². The SMILES string of the molecule is CC(=O)OC(C)C(=O)Sc1ccccc1. The Kier molecular flexibility index (Phi) is 4.37. The third kappa shape index (κ3) is 4.16. The number of carbonyl (C=O) groups is 2. The minimum absolute atomic E-state index is 0.170. The molecule has 80 valence electrons. The van der Waals surface area contributed by atoms with Crippen molar-refractivity contribution < 1.29 is 14.3 Å². The molecular formula is C11H12O3S. The predicted molar refractivity (Wildman–Crippen MR) is 58.5 cm³/mol. The molecule has 4 heteroatoms. The fraction of sp³-hybridized carbons (Fsp3) is 0.273. The Hall–Kier alpha value is -1.29. The molecule has 0 aliphatic rings. The molecule has 0 saturated carbocycles. The van der Waals surface area contributed by atoms with E-state index in [1.165, 1.54) is 6.92 Å². The lowest BCUT2D eigenvalue weighted by Crippen LogP contribution is -2.20. The van der Waals surface area contributed by atoms with Crippen molar-refractivity contribution in [2.24, 2.45) is 0 Å². The van der Waals surface area contributed by atoms with Crippen molar-refractivity contribution in [2.75, 3.05) is 0 Å². The summed E-state index contributed by atoms with van der Waals surface area (Å²) in [5.74, 6) is -0.440. The van der Waals surface area contributed by atoms with E-state index in [1.807, 2.05) is 30.3 Å². The number of benzene rings is 1. The van der Waals surface area contributed by atoms with Crippen LogP contribution in [0.5, 0.6) is 0 Å². The quantitative estimate of drug-likeness (QED) is 0.583. The molecule has 1 aromatic rings. The molecule has 1 atom stereocenters.